The molecule has 0 rings (SSSR count). The first-order valence-electron chi connectivity index (χ1n) is 9.29. The van der Waals surface area contributed by atoms with Crippen LogP contribution >= 0.6 is 0 Å². The molecule has 26 heavy (non-hydrogen) atoms. The van der Waals surface area contributed by atoms with Gasteiger partial charge in [0.25, 0.3) is 6.26 Å². The van der Waals surface area contributed by atoms with Crippen molar-refractivity contribution in [3.8, 4) is 12.3 Å². The van der Waals surface area contributed by atoms with Crippen molar-refractivity contribution < 1.29 is 23.7 Å². The highest BCUT2D eigenvalue weighted by Gasteiger charge is 2.12. The quantitative estimate of drug-likeness (QED) is 0.385. The molecule has 0 aromatic heterocycles. The van der Waals surface area contributed by atoms with E-state index in [0.717, 1.165) is 12.8 Å². The Balaban J connectivity index is 3.75. The Kier molecular flexibility index (Phi) is 15.0. The third kappa shape index (κ3) is 13.9. The summed E-state index contributed by atoms with van der Waals surface area (Å²) in [5.74, 6) is -0.0442. The Labute approximate surface area is 158 Å². The van der Waals surface area contributed by atoms with Gasteiger partial charge in [-0.25, -0.2) is 0 Å². The minimum absolute atomic E-state index is 0.0442. The van der Waals surface area contributed by atoms with Crippen molar-refractivity contribution in [3.05, 3.63) is 0 Å². The molecule has 0 spiro atoms. The van der Waals surface area contributed by atoms with E-state index in [-0.39, 0.29) is 30.3 Å². The van der Waals surface area contributed by atoms with E-state index in [2.05, 4.69) is 13.0 Å². The molecule has 5 atom stereocenters. The molecule has 0 aliphatic carbocycles. The molecule has 0 aromatic carbocycles. The third-order valence-electron chi connectivity index (χ3n) is 3.59. The third-order valence-corrected chi connectivity index (χ3v) is 3.59. The summed E-state index contributed by atoms with van der Waals surface area (Å²) in [7, 11) is 0. The van der Waals surface area contributed by atoms with E-state index in [1.807, 2.05) is 20.8 Å². The Morgan fingerprint density at radius 3 is 1.69 bits per heavy atom. The van der Waals surface area contributed by atoms with Crippen LogP contribution in [0.5, 0.6) is 0 Å². The minimum atomic E-state index is -0.262. The van der Waals surface area contributed by atoms with Crippen LogP contribution in [0.1, 0.15) is 47.5 Å². The van der Waals surface area contributed by atoms with Crippen molar-refractivity contribution in [1.82, 2.24) is 0 Å². The van der Waals surface area contributed by atoms with Gasteiger partial charge in [-0.1, -0.05) is 13.3 Å². The summed E-state index contributed by atoms with van der Waals surface area (Å²) in [5.41, 5.74) is 0. The van der Waals surface area contributed by atoms with Crippen LogP contribution in [-0.2, 0) is 23.7 Å². The van der Waals surface area contributed by atoms with Crippen molar-refractivity contribution in [1.29, 1.82) is 10.5 Å². The molecule has 0 aliphatic heterocycles. The van der Waals surface area contributed by atoms with Crippen LogP contribution in [0, 0.1) is 28.8 Å². The van der Waals surface area contributed by atoms with Crippen LogP contribution in [0.2, 0.25) is 0 Å². The molecule has 0 saturated carbocycles. The number of ether oxygens (including phenoxy) is 5. The van der Waals surface area contributed by atoms with Crippen LogP contribution < -0.4 is 0 Å². The van der Waals surface area contributed by atoms with Crippen molar-refractivity contribution in [2.75, 3.05) is 33.0 Å². The van der Waals surface area contributed by atoms with E-state index < -0.39 is 0 Å². The number of hydrogen-bond acceptors (Lipinski definition) is 7. The van der Waals surface area contributed by atoms with Crippen molar-refractivity contribution >= 4 is 0 Å². The van der Waals surface area contributed by atoms with Gasteiger partial charge < -0.3 is 23.7 Å². The van der Waals surface area contributed by atoms with Crippen molar-refractivity contribution in [2.24, 2.45) is 5.92 Å². The van der Waals surface area contributed by atoms with Crippen LogP contribution in [0.3, 0.4) is 0 Å². The Bertz CT molecular complexity index is 421. The van der Waals surface area contributed by atoms with Gasteiger partial charge in [0.15, 0.2) is 0 Å². The van der Waals surface area contributed by atoms with Crippen LogP contribution in [-0.4, -0.2) is 57.5 Å². The van der Waals surface area contributed by atoms with Gasteiger partial charge in [0.1, 0.15) is 6.10 Å². The van der Waals surface area contributed by atoms with Gasteiger partial charge in [-0.15, -0.1) is 0 Å². The molecular formula is C19H34N2O5. The van der Waals surface area contributed by atoms with Crippen molar-refractivity contribution in [3.63, 3.8) is 0 Å². The number of rotatable bonds is 16. The summed E-state index contributed by atoms with van der Waals surface area (Å²) in [6.07, 6.45) is 3.01. The van der Waals surface area contributed by atoms with E-state index in [0.29, 0.717) is 33.0 Å². The molecule has 0 bridgehead atoms. The van der Waals surface area contributed by atoms with Crippen molar-refractivity contribution in [2.45, 2.75) is 71.9 Å². The zero-order valence-corrected chi connectivity index (χ0v) is 16.8. The van der Waals surface area contributed by atoms with Gasteiger partial charge >= 0.3 is 0 Å². The number of hydrogen-bond donors (Lipinski definition) is 0. The van der Waals surface area contributed by atoms with Gasteiger partial charge in [-0.05, 0) is 34.1 Å². The van der Waals surface area contributed by atoms with E-state index in [1.54, 1.807) is 13.2 Å². The van der Waals surface area contributed by atoms with E-state index in [4.69, 9.17) is 34.2 Å². The molecule has 0 fully saturated rings. The van der Waals surface area contributed by atoms with Crippen LogP contribution in [0.25, 0.3) is 0 Å². The molecule has 150 valence electrons. The average molecular weight is 370 g/mol. The van der Waals surface area contributed by atoms with E-state index in [9.17, 15) is 0 Å². The molecule has 0 saturated heterocycles. The summed E-state index contributed by atoms with van der Waals surface area (Å²) in [4.78, 5) is 0. The predicted molar refractivity (Wildman–Crippen MR) is 97.2 cm³/mol. The molecule has 0 N–H and O–H groups in total. The summed E-state index contributed by atoms with van der Waals surface area (Å²) in [6, 6.07) is 2.26. The van der Waals surface area contributed by atoms with Crippen LogP contribution in [0.4, 0.5) is 0 Å². The topological polar surface area (TPSA) is 93.7 Å². The first-order valence-corrected chi connectivity index (χ1v) is 9.29. The highest BCUT2D eigenvalue weighted by atomic mass is 16.6. The Hall–Kier alpha value is -1.38. The zero-order valence-electron chi connectivity index (χ0n) is 16.8. The highest BCUT2D eigenvalue weighted by molar-refractivity contribution is 4.81. The first-order chi connectivity index (χ1) is 12.4. The fraction of sp³-hybridized carbons (Fsp3) is 0.895. The zero-order chi connectivity index (χ0) is 19.8. The second-order valence-electron chi connectivity index (χ2n) is 6.60. The van der Waals surface area contributed by atoms with E-state index >= 15 is 0 Å². The average Bonchev–Trinajstić information content (AvgIpc) is 2.62. The lowest BCUT2D eigenvalue weighted by atomic mass is 10.1. The maximum atomic E-state index is 8.99. The standard InChI is InChI=1S/C19H34N2O5/c1-6-7-19(8-20)13-22-9-15(2)23-10-16(3)24-11-17(4)25-12-18(5)26-14-21/h15-19H,6-7,9-13H2,1-5H3. The fourth-order valence-corrected chi connectivity index (χ4v) is 2.08. The maximum absolute atomic E-state index is 8.99. The summed E-state index contributed by atoms with van der Waals surface area (Å²) >= 11 is 0. The van der Waals surface area contributed by atoms with Gasteiger partial charge in [-0.2, -0.15) is 10.5 Å². The Morgan fingerprint density at radius 2 is 1.23 bits per heavy atom. The monoisotopic (exact) mass is 370 g/mol. The molecule has 5 unspecified atom stereocenters. The molecule has 7 heteroatoms. The smallest absolute Gasteiger partial charge is 0.286 e. The van der Waals surface area contributed by atoms with Gasteiger partial charge in [-0.3, -0.25) is 0 Å². The number of nitriles is 2. The Morgan fingerprint density at radius 1 is 0.731 bits per heavy atom. The van der Waals surface area contributed by atoms with Gasteiger partial charge in [0, 0.05) is 0 Å². The lowest BCUT2D eigenvalue weighted by molar-refractivity contribution is -0.0874. The molecule has 0 radical (unpaired) electrons. The summed E-state index contributed by atoms with van der Waals surface area (Å²) in [5, 5.41) is 17.4. The largest absolute Gasteiger partial charge is 0.422 e. The summed E-state index contributed by atoms with van der Waals surface area (Å²) in [6.45, 7) is 11.8. The lowest BCUT2D eigenvalue weighted by Crippen LogP contribution is -2.28. The second kappa shape index (κ2) is 15.8. The van der Waals surface area contributed by atoms with Gasteiger partial charge in [0.05, 0.1) is 63.3 Å². The molecule has 7 nitrogen and oxygen atoms in total. The minimum Gasteiger partial charge on any atom is -0.422 e. The normalized spacial score (nSPS) is 16.7. The predicted octanol–water partition coefficient (Wildman–Crippen LogP) is 3.04. The molecular weight excluding hydrogens is 336 g/mol. The lowest BCUT2D eigenvalue weighted by Gasteiger charge is -2.21. The number of nitrogens with zero attached hydrogens (tertiary/aromatic N) is 2. The summed E-state index contributed by atoms with van der Waals surface area (Å²) < 4.78 is 27.3. The fourth-order valence-electron chi connectivity index (χ4n) is 2.08. The first kappa shape index (κ1) is 24.6. The highest BCUT2D eigenvalue weighted by Crippen LogP contribution is 2.06. The van der Waals surface area contributed by atoms with Crippen LogP contribution in [0.15, 0.2) is 0 Å². The molecule has 0 amide bonds. The molecule has 0 aliphatic rings. The SMILES string of the molecule is CCCC(C#N)COCC(C)OCC(C)OCC(C)OCC(C)OC#N. The van der Waals surface area contributed by atoms with E-state index in [1.165, 1.54) is 0 Å². The second-order valence-corrected chi connectivity index (χ2v) is 6.60. The maximum Gasteiger partial charge on any atom is 0.286 e. The molecule has 0 aromatic rings. The van der Waals surface area contributed by atoms with Gasteiger partial charge in [0.2, 0.25) is 0 Å². The molecule has 0 heterocycles.